The van der Waals surface area contributed by atoms with Gasteiger partial charge in [0, 0.05) is 32.3 Å². The lowest BCUT2D eigenvalue weighted by Crippen LogP contribution is -2.35. The molecule has 3 heterocycles. The summed E-state index contributed by atoms with van der Waals surface area (Å²) < 4.78 is 1.93. The highest BCUT2D eigenvalue weighted by Gasteiger charge is 2.22. The number of benzene rings is 1. The van der Waals surface area contributed by atoms with E-state index in [-0.39, 0.29) is 0 Å². The molecule has 1 aliphatic rings. The fraction of sp³-hybridized carbons (Fsp3) is 0.412. The monoisotopic (exact) mass is 340 g/mol. The molecule has 4 rings (SSSR count). The van der Waals surface area contributed by atoms with Crippen molar-refractivity contribution < 1.29 is 0 Å². The summed E-state index contributed by atoms with van der Waals surface area (Å²) in [6.45, 7) is 3.04. The van der Waals surface area contributed by atoms with E-state index >= 15 is 0 Å². The van der Waals surface area contributed by atoms with E-state index in [0.717, 1.165) is 49.0 Å². The average molecular weight is 340 g/mol. The molecular weight excluding hydrogens is 320 g/mol. The van der Waals surface area contributed by atoms with Crippen LogP contribution in [0, 0.1) is 5.92 Å². The molecule has 0 radical (unpaired) electrons. The number of hydrogen-bond acceptors (Lipinski definition) is 6. The van der Waals surface area contributed by atoms with Crippen LogP contribution in [-0.4, -0.2) is 38.3 Å². The Morgan fingerprint density at radius 2 is 1.92 bits per heavy atom. The van der Waals surface area contributed by atoms with Crippen LogP contribution in [0.5, 0.6) is 0 Å². The van der Waals surface area contributed by atoms with E-state index in [1.807, 2.05) is 16.9 Å². The minimum absolute atomic E-state index is 0.666. The minimum Gasteiger partial charge on any atom is -0.347 e. The average Bonchev–Trinajstić information content (AvgIpc) is 3.29. The van der Waals surface area contributed by atoms with Gasteiger partial charge in [0.1, 0.15) is 5.01 Å². The van der Waals surface area contributed by atoms with Crippen molar-refractivity contribution in [2.24, 2.45) is 5.92 Å². The van der Waals surface area contributed by atoms with E-state index in [0.29, 0.717) is 5.92 Å². The molecule has 1 fully saturated rings. The lowest BCUT2D eigenvalue weighted by molar-refractivity contribution is 0.338. The van der Waals surface area contributed by atoms with E-state index in [4.69, 9.17) is 0 Å². The van der Waals surface area contributed by atoms with Crippen LogP contribution in [0.1, 0.15) is 23.4 Å². The molecule has 1 aromatic carbocycles. The summed E-state index contributed by atoms with van der Waals surface area (Å²) in [7, 11) is 0. The molecule has 1 aliphatic heterocycles. The first-order chi connectivity index (χ1) is 11.9. The number of rotatable bonds is 5. The number of aromatic nitrogens is 5. The minimum atomic E-state index is 0.666. The van der Waals surface area contributed by atoms with E-state index in [1.165, 1.54) is 5.56 Å². The maximum Gasteiger partial charge on any atom is 0.208 e. The van der Waals surface area contributed by atoms with Crippen LogP contribution in [0.4, 0.5) is 5.13 Å². The molecule has 0 saturated carbocycles. The van der Waals surface area contributed by atoms with Gasteiger partial charge in [0.05, 0.1) is 6.20 Å². The Morgan fingerprint density at radius 3 is 2.67 bits per heavy atom. The number of piperidine rings is 1. The van der Waals surface area contributed by atoms with Gasteiger partial charge in [-0.1, -0.05) is 46.9 Å². The van der Waals surface area contributed by atoms with Crippen LogP contribution in [-0.2, 0) is 13.0 Å². The van der Waals surface area contributed by atoms with Gasteiger partial charge in [-0.3, -0.25) is 4.68 Å². The van der Waals surface area contributed by atoms with Gasteiger partial charge in [0.25, 0.3) is 0 Å². The highest BCUT2D eigenvalue weighted by Crippen LogP contribution is 2.27. The lowest BCUT2D eigenvalue weighted by Gasteiger charge is -2.31. The largest absolute Gasteiger partial charge is 0.347 e. The molecule has 3 aromatic rings. The van der Waals surface area contributed by atoms with Gasteiger partial charge >= 0.3 is 0 Å². The summed E-state index contributed by atoms with van der Waals surface area (Å²) >= 11 is 1.72. The quantitative estimate of drug-likeness (QED) is 0.714. The van der Waals surface area contributed by atoms with Gasteiger partial charge in [-0.15, -0.1) is 15.3 Å². The molecule has 2 aromatic heterocycles. The van der Waals surface area contributed by atoms with E-state index in [1.54, 1.807) is 17.5 Å². The third-order valence-corrected chi connectivity index (χ3v) is 5.44. The standard InChI is InChI=1S/C17H20N6S/c1-2-4-14(5-3-1)12-16-19-20-17(24-16)22-9-6-15(7-10-22)13-23-11-8-18-21-23/h1-5,8,11,15H,6-7,9-10,12-13H2. The van der Waals surface area contributed by atoms with E-state index < -0.39 is 0 Å². The smallest absolute Gasteiger partial charge is 0.208 e. The third-order valence-electron chi connectivity index (χ3n) is 4.46. The first kappa shape index (κ1) is 15.3. The fourth-order valence-corrected chi connectivity index (χ4v) is 4.04. The van der Waals surface area contributed by atoms with Gasteiger partial charge < -0.3 is 4.90 Å². The summed E-state index contributed by atoms with van der Waals surface area (Å²) in [6, 6.07) is 10.4. The molecule has 0 spiro atoms. The molecular formula is C17H20N6S. The van der Waals surface area contributed by atoms with Gasteiger partial charge in [-0.2, -0.15) is 0 Å². The SMILES string of the molecule is c1ccc(Cc2nnc(N3CCC(Cn4ccnn4)CC3)s2)cc1. The molecule has 0 amide bonds. The Kier molecular flexibility index (Phi) is 4.51. The van der Waals surface area contributed by atoms with Gasteiger partial charge in [0.15, 0.2) is 0 Å². The Hall–Kier alpha value is -2.28. The summed E-state index contributed by atoms with van der Waals surface area (Å²) in [4.78, 5) is 2.37. The molecule has 0 bridgehead atoms. The Bertz CT molecular complexity index is 747. The van der Waals surface area contributed by atoms with Crippen molar-refractivity contribution in [3.8, 4) is 0 Å². The summed E-state index contributed by atoms with van der Waals surface area (Å²) in [5.74, 6) is 0.666. The molecule has 1 saturated heterocycles. The highest BCUT2D eigenvalue weighted by molar-refractivity contribution is 7.15. The zero-order valence-electron chi connectivity index (χ0n) is 13.5. The van der Waals surface area contributed by atoms with Crippen LogP contribution in [0.2, 0.25) is 0 Å². The van der Waals surface area contributed by atoms with Crippen molar-refractivity contribution in [3.05, 3.63) is 53.3 Å². The van der Waals surface area contributed by atoms with Crippen molar-refractivity contribution in [2.75, 3.05) is 18.0 Å². The second-order valence-electron chi connectivity index (χ2n) is 6.20. The second-order valence-corrected chi connectivity index (χ2v) is 7.24. The van der Waals surface area contributed by atoms with Crippen LogP contribution in [0.15, 0.2) is 42.7 Å². The molecule has 124 valence electrons. The molecule has 24 heavy (non-hydrogen) atoms. The van der Waals surface area contributed by atoms with Crippen molar-refractivity contribution in [3.63, 3.8) is 0 Å². The van der Waals surface area contributed by atoms with Crippen molar-refractivity contribution in [1.82, 2.24) is 25.2 Å². The predicted molar refractivity (Wildman–Crippen MR) is 94.1 cm³/mol. The van der Waals surface area contributed by atoms with Crippen LogP contribution < -0.4 is 4.90 Å². The molecule has 7 heteroatoms. The van der Waals surface area contributed by atoms with Crippen molar-refractivity contribution in [2.45, 2.75) is 25.8 Å². The maximum absolute atomic E-state index is 4.40. The molecule has 0 aliphatic carbocycles. The summed E-state index contributed by atoms with van der Waals surface area (Å²) in [5.41, 5.74) is 1.28. The van der Waals surface area contributed by atoms with Gasteiger partial charge in [0.2, 0.25) is 5.13 Å². The summed E-state index contributed by atoms with van der Waals surface area (Å²) in [6.07, 6.45) is 6.86. The predicted octanol–water partition coefficient (Wildman–Crippen LogP) is 2.64. The number of nitrogens with zero attached hydrogens (tertiary/aromatic N) is 6. The lowest BCUT2D eigenvalue weighted by atomic mass is 9.97. The number of anilines is 1. The Labute approximate surface area is 145 Å². The zero-order valence-corrected chi connectivity index (χ0v) is 14.3. The zero-order chi connectivity index (χ0) is 16.2. The van der Waals surface area contributed by atoms with Gasteiger partial charge in [-0.25, -0.2) is 0 Å². The summed E-state index contributed by atoms with van der Waals surface area (Å²) in [5, 5.41) is 18.9. The van der Waals surface area contributed by atoms with Crippen LogP contribution >= 0.6 is 11.3 Å². The topological polar surface area (TPSA) is 59.7 Å². The van der Waals surface area contributed by atoms with Crippen molar-refractivity contribution in [1.29, 1.82) is 0 Å². The normalized spacial score (nSPS) is 15.8. The number of hydrogen-bond donors (Lipinski definition) is 0. The van der Waals surface area contributed by atoms with E-state index in [9.17, 15) is 0 Å². The van der Waals surface area contributed by atoms with Crippen LogP contribution in [0.3, 0.4) is 0 Å². The first-order valence-corrected chi connectivity index (χ1v) is 9.14. The Balaban J connectivity index is 1.33. The maximum atomic E-state index is 4.40. The first-order valence-electron chi connectivity index (χ1n) is 8.32. The van der Waals surface area contributed by atoms with Crippen LogP contribution in [0.25, 0.3) is 0 Å². The second kappa shape index (κ2) is 7.09. The molecule has 0 atom stereocenters. The van der Waals surface area contributed by atoms with E-state index in [2.05, 4.69) is 49.7 Å². The van der Waals surface area contributed by atoms with Crippen molar-refractivity contribution >= 4 is 16.5 Å². The fourth-order valence-electron chi connectivity index (χ4n) is 3.12. The molecule has 6 nitrogen and oxygen atoms in total. The molecule has 0 N–H and O–H groups in total. The highest BCUT2D eigenvalue weighted by atomic mass is 32.1. The third kappa shape index (κ3) is 3.62. The Morgan fingerprint density at radius 1 is 1.08 bits per heavy atom. The van der Waals surface area contributed by atoms with Gasteiger partial charge in [-0.05, 0) is 24.3 Å². The molecule has 0 unspecified atom stereocenters.